The molecule has 11 atom stereocenters. The summed E-state index contributed by atoms with van der Waals surface area (Å²) >= 11 is 0. The van der Waals surface area contributed by atoms with Gasteiger partial charge in [0.2, 0.25) is 0 Å². The summed E-state index contributed by atoms with van der Waals surface area (Å²) in [5.74, 6) is -6.35. The molecule has 64 heavy (non-hydrogen) atoms. The number of esters is 4. The minimum absolute atomic E-state index is 0.0105. The Labute approximate surface area is 371 Å². The maximum absolute atomic E-state index is 15.6. The Hall–Kier alpha value is -5.74. The minimum Gasteiger partial charge on any atom is -0.456 e. The summed E-state index contributed by atoms with van der Waals surface area (Å²) in [5.41, 5.74) is -6.56. The van der Waals surface area contributed by atoms with Gasteiger partial charge in [-0.05, 0) is 61.7 Å². The van der Waals surface area contributed by atoms with Gasteiger partial charge in [0.25, 0.3) is 5.91 Å². The molecule has 1 amide bonds. The third-order valence-corrected chi connectivity index (χ3v) is 13.8. The minimum atomic E-state index is -2.35. The highest BCUT2D eigenvalue weighted by atomic mass is 16.6. The van der Waals surface area contributed by atoms with Gasteiger partial charge in [0.1, 0.15) is 23.9 Å². The number of amides is 1. The number of Topliss-reactive ketones (excluding diaryl/α,β-unsaturated/α-hetero) is 1. The van der Waals surface area contributed by atoms with Crippen LogP contribution in [0.4, 0.5) is 0 Å². The fraction of sp³-hybridized carbons (Fsp3) is 0.469. The maximum Gasteiger partial charge on any atom is 0.338 e. The highest BCUT2D eigenvalue weighted by molar-refractivity contribution is 5.96. The maximum atomic E-state index is 15.6. The summed E-state index contributed by atoms with van der Waals surface area (Å²) in [4.78, 5) is 84.6. The number of hydrogen-bond donors (Lipinski definition) is 3. The summed E-state index contributed by atoms with van der Waals surface area (Å²) in [6, 6.07) is 24.0. The molecule has 1 saturated heterocycles. The first kappa shape index (κ1) is 46.3. The first-order valence-corrected chi connectivity index (χ1v) is 21.4. The first-order chi connectivity index (χ1) is 30.3. The SMILES string of the molecule is CCO[C@@H](C(=O)O[C@H]1C[C@@]2(O)[C@@H](OC(=O)c3ccccc3)[C@@H]3[C@]4(OC(C)=O)CO[C@@H]4C[C@H](O)[C@@]3(C)C(=O)[C@H](OC(C)=O)C(=C1C)C2(C)C)[C@@H](NC(=O)c1ccccc1)c1ccccc1. The molecule has 7 rings (SSSR count). The van der Waals surface area contributed by atoms with Gasteiger partial charge in [-0.2, -0.15) is 0 Å². The molecule has 3 aromatic carbocycles. The van der Waals surface area contributed by atoms with E-state index >= 15 is 4.79 Å². The molecule has 340 valence electrons. The third kappa shape index (κ3) is 7.82. The molecular formula is C49H55NO14. The van der Waals surface area contributed by atoms with Crippen molar-refractivity contribution in [1.82, 2.24) is 5.32 Å². The van der Waals surface area contributed by atoms with Gasteiger partial charge in [0, 0.05) is 44.3 Å². The lowest BCUT2D eigenvalue weighted by Crippen LogP contribution is -2.82. The van der Waals surface area contributed by atoms with Gasteiger partial charge in [-0.15, -0.1) is 0 Å². The molecule has 0 aromatic heterocycles. The molecule has 3 fully saturated rings. The Morgan fingerprint density at radius 2 is 1.44 bits per heavy atom. The zero-order chi connectivity index (χ0) is 46.4. The lowest BCUT2D eigenvalue weighted by molar-refractivity contribution is -0.346. The molecule has 3 aliphatic carbocycles. The van der Waals surface area contributed by atoms with Crippen LogP contribution in [-0.4, -0.2) is 107 Å². The summed E-state index contributed by atoms with van der Waals surface area (Å²) in [6.07, 6.45) is -9.70. The second-order valence-electron chi connectivity index (χ2n) is 17.8. The van der Waals surface area contributed by atoms with Gasteiger partial charge >= 0.3 is 23.9 Å². The molecule has 4 aliphatic rings. The van der Waals surface area contributed by atoms with Crippen LogP contribution in [0.25, 0.3) is 0 Å². The molecule has 2 saturated carbocycles. The topological polar surface area (TPSA) is 210 Å². The highest BCUT2D eigenvalue weighted by Gasteiger charge is 2.78. The largest absolute Gasteiger partial charge is 0.456 e. The van der Waals surface area contributed by atoms with Crippen LogP contribution in [0.3, 0.4) is 0 Å². The molecule has 1 aliphatic heterocycles. The molecule has 0 unspecified atom stereocenters. The molecule has 15 heteroatoms. The number of hydrogen-bond acceptors (Lipinski definition) is 14. The average Bonchev–Trinajstić information content (AvgIpc) is 3.26. The highest BCUT2D eigenvalue weighted by Crippen LogP contribution is 2.64. The molecule has 3 aromatic rings. The average molecular weight is 882 g/mol. The van der Waals surface area contributed by atoms with E-state index in [4.69, 9.17) is 28.4 Å². The van der Waals surface area contributed by atoms with Gasteiger partial charge < -0.3 is 44.0 Å². The van der Waals surface area contributed by atoms with Crippen molar-refractivity contribution >= 4 is 35.6 Å². The number of ketones is 1. The fourth-order valence-corrected chi connectivity index (χ4v) is 10.5. The van der Waals surface area contributed by atoms with Gasteiger partial charge in [0.05, 0.1) is 35.6 Å². The number of aliphatic hydroxyl groups is 2. The van der Waals surface area contributed by atoms with E-state index in [0.29, 0.717) is 11.1 Å². The van der Waals surface area contributed by atoms with E-state index in [1.807, 2.05) is 0 Å². The van der Waals surface area contributed by atoms with Crippen LogP contribution >= 0.6 is 0 Å². The van der Waals surface area contributed by atoms with Crippen LogP contribution in [0.15, 0.2) is 102 Å². The number of carbonyl (C=O) groups is 6. The van der Waals surface area contributed by atoms with E-state index in [9.17, 15) is 34.2 Å². The third-order valence-electron chi connectivity index (χ3n) is 13.8. The molecule has 2 bridgehead atoms. The van der Waals surface area contributed by atoms with E-state index in [2.05, 4.69) is 5.32 Å². The Bertz CT molecular complexity index is 2320. The van der Waals surface area contributed by atoms with Gasteiger partial charge in [-0.25, -0.2) is 9.59 Å². The van der Waals surface area contributed by atoms with E-state index in [0.717, 1.165) is 6.92 Å². The summed E-state index contributed by atoms with van der Waals surface area (Å²) in [7, 11) is 0. The van der Waals surface area contributed by atoms with Gasteiger partial charge in [0.15, 0.2) is 23.6 Å². The van der Waals surface area contributed by atoms with Crippen LogP contribution in [0, 0.1) is 16.7 Å². The lowest BCUT2D eigenvalue weighted by Gasteiger charge is -2.67. The fourth-order valence-electron chi connectivity index (χ4n) is 10.5. The number of fused-ring (bicyclic) bond motifs is 5. The number of carbonyl (C=O) groups excluding carboxylic acids is 6. The predicted molar refractivity (Wildman–Crippen MR) is 227 cm³/mol. The van der Waals surface area contributed by atoms with Gasteiger partial charge in [-0.1, -0.05) is 80.6 Å². The molecule has 0 radical (unpaired) electrons. The van der Waals surface area contributed by atoms with Gasteiger partial charge in [-0.3, -0.25) is 19.2 Å². The zero-order valence-corrected chi connectivity index (χ0v) is 36.9. The van der Waals surface area contributed by atoms with Crippen LogP contribution in [0.5, 0.6) is 0 Å². The number of benzene rings is 3. The van der Waals surface area contributed by atoms with Crippen molar-refractivity contribution in [3.05, 3.63) is 119 Å². The summed E-state index contributed by atoms with van der Waals surface area (Å²) < 4.78 is 36.8. The van der Waals surface area contributed by atoms with Crippen LogP contribution in [0.1, 0.15) is 93.6 Å². The van der Waals surface area contributed by atoms with E-state index in [1.54, 1.807) is 107 Å². The van der Waals surface area contributed by atoms with Crippen molar-refractivity contribution in [3.8, 4) is 0 Å². The molecule has 0 spiro atoms. The van der Waals surface area contributed by atoms with E-state index in [1.165, 1.54) is 26.0 Å². The normalized spacial score (nSPS) is 31.2. The Balaban J connectivity index is 1.41. The number of ether oxygens (including phenoxy) is 6. The Morgan fingerprint density at radius 1 is 0.844 bits per heavy atom. The van der Waals surface area contributed by atoms with Crippen LogP contribution in [-0.2, 0) is 47.6 Å². The summed E-state index contributed by atoms with van der Waals surface area (Å²) in [6.45, 7) is 9.87. The van der Waals surface area contributed by atoms with Crippen LogP contribution in [0.2, 0.25) is 0 Å². The number of aliphatic hydroxyl groups excluding tert-OH is 1. The molecular weight excluding hydrogens is 827 g/mol. The summed E-state index contributed by atoms with van der Waals surface area (Å²) in [5, 5.41) is 28.9. The standard InChI is InChI=1S/C49H55NO14/c1-8-59-39(37(30-18-12-9-13-19-30)50-43(55)31-20-14-10-15-21-31)45(57)62-33-25-49(58)42(63-44(56)32-22-16-11-17-23-32)40-47(7,34(53)24-35-48(40,26-60-35)64-29(4)52)41(54)38(61-28(3)51)36(27(33)2)46(49,5)6/h9-23,33-35,37-40,42,53,58H,8,24-26H2,1-7H3,(H,50,55)/t33-,34-,35+,37-,38+,39+,40-,42-,47+,48-,49+/m0/s1. The number of rotatable bonds is 12. The smallest absolute Gasteiger partial charge is 0.338 e. The van der Waals surface area contributed by atoms with Crippen molar-refractivity contribution in [2.45, 2.75) is 115 Å². The second-order valence-corrected chi connectivity index (χ2v) is 17.8. The monoisotopic (exact) mass is 881 g/mol. The second kappa shape index (κ2) is 17.7. The Kier molecular flexibility index (Phi) is 12.8. The van der Waals surface area contributed by atoms with Crippen LogP contribution < -0.4 is 5.32 Å². The van der Waals surface area contributed by atoms with Crippen molar-refractivity contribution in [3.63, 3.8) is 0 Å². The Morgan fingerprint density at radius 3 is 1.98 bits per heavy atom. The number of nitrogens with one attached hydrogen (secondary N) is 1. The molecule has 15 nitrogen and oxygen atoms in total. The first-order valence-electron chi connectivity index (χ1n) is 21.4. The molecule has 1 heterocycles. The van der Waals surface area contributed by atoms with Crippen molar-refractivity contribution in [2.24, 2.45) is 16.7 Å². The van der Waals surface area contributed by atoms with Crippen molar-refractivity contribution in [1.29, 1.82) is 0 Å². The van der Waals surface area contributed by atoms with E-state index < -0.39 is 113 Å². The molecule has 3 N–H and O–H groups in total. The lowest BCUT2D eigenvalue weighted by atomic mass is 9.44. The van der Waals surface area contributed by atoms with Crippen molar-refractivity contribution in [2.75, 3.05) is 13.2 Å². The van der Waals surface area contributed by atoms with E-state index in [-0.39, 0.29) is 36.3 Å². The quantitative estimate of drug-likeness (QED) is 0.127. The zero-order valence-electron chi connectivity index (χ0n) is 36.9. The van der Waals surface area contributed by atoms with Crippen molar-refractivity contribution < 1.29 is 67.4 Å². The predicted octanol–water partition coefficient (Wildman–Crippen LogP) is 4.78.